The fourth-order valence-corrected chi connectivity index (χ4v) is 3.30. The van der Waals surface area contributed by atoms with Gasteiger partial charge in [0.05, 0.1) is 18.1 Å². The van der Waals surface area contributed by atoms with Crippen molar-refractivity contribution < 1.29 is 13.5 Å². The molecule has 0 atom stereocenters. The van der Waals surface area contributed by atoms with Gasteiger partial charge in [-0.25, -0.2) is 8.42 Å². The minimum atomic E-state index is -2.90. The number of hydrogen-bond acceptors (Lipinski definition) is 5. The molecular weight excluding hydrogens is 240 g/mol. The smallest absolute Gasteiger partial charge is 0.152 e. The highest BCUT2D eigenvalue weighted by atomic mass is 32.2. The molecule has 1 aromatic rings. The highest BCUT2D eigenvalue weighted by molar-refractivity contribution is 7.91. The topological polar surface area (TPSA) is 70.5 Å². The Kier molecular flexibility index (Phi) is 3.63. The van der Waals surface area contributed by atoms with Crippen LogP contribution in [0.4, 0.5) is 5.69 Å². The van der Waals surface area contributed by atoms with Crippen molar-refractivity contribution in [2.24, 2.45) is 0 Å². The van der Waals surface area contributed by atoms with Gasteiger partial charge in [-0.2, -0.15) is 0 Å². The Morgan fingerprint density at radius 3 is 2.94 bits per heavy atom. The van der Waals surface area contributed by atoms with Crippen LogP contribution < -0.4 is 4.90 Å². The maximum Gasteiger partial charge on any atom is 0.152 e. The van der Waals surface area contributed by atoms with Crippen molar-refractivity contribution in [1.29, 1.82) is 0 Å². The highest BCUT2D eigenvalue weighted by Gasteiger charge is 2.20. The van der Waals surface area contributed by atoms with Gasteiger partial charge in [-0.15, -0.1) is 0 Å². The molecule has 0 radical (unpaired) electrons. The third-order valence-electron chi connectivity index (χ3n) is 2.94. The van der Waals surface area contributed by atoms with E-state index in [2.05, 4.69) is 4.98 Å². The van der Waals surface area contributed by atoms with E-state index in [-0.39, 0.29) is 18.1 Å². The third-order valence-corrected chi connectivity index (χ3v) is 4.66. The Morgan fingerprint density at radius 1 is 1.35 bits per heavy atom. The molecule has 1 aliphatic heterocycles. The molecule has 2 rings (SSSR count). The van der Waals surface area contributed by atoms with Gasteiger partial charge in [-0.05, 0) is 12.5 Å². The minimum Gasteiger partial charge on any atom is -0.392 e. The van der Waals surface area contributed by atoms with Crippen molar-refractivity contribution in [1.82, 2.24) is 4.98 Å². The summed E-state index contributed by atoms with van der Waals surface area (Å²) in [5.74, 6) is 0.434. The largest absolute Gasteiger partial charge is 0.392 e. The molecule has 94 valence electrons. The zero-order chi connectivity index (χ0) is 12.3. The van der Waals surface area contributed by atoms with Gasteiger partial charge in [0.2, 0.25) is 0 Å². The number of aliphatic hydroxyl groups excluding tert-OH is 1. The summed E-state index contributed by atoms with van der Waals surface area (Å²) in [5.41, 5.74) is 1.63. The summed E-state index contributed by atoms with van der Waals surface area (Å²) < 4.78 is 23.0. The van der Waals surface area contributed by atoms with E-state index < -0.39 is 9.84 Å². The van der Waals surface area contributed by atoms with E-state index in [0.717, 1.165) is 11.3 Å². The van der Waals surface area contributed by atoms with Gasteiger partial charge in [0.15, 0.2) is 9.84 Å². The van der Waals surface area contributed by atoms with Crippen LogP contribution in [-0.4, -0.2) is 43.1 Å². The Labute approximate surface area is 101 Å². The summed E-state index contributed by atoms with van der Waals surface area (Å²) in [5, 5.41) is 9.24. The van der Waals surface area contributed by atoms with Gasteiger partial charge >= 0.3 is 0 Å². The molecule has 0 spiro atoms. The van der Waals surface area contributed by atoms with Crippen LogP contribution in [0.1, 0.15) is 12.0 Å². The fraction of sp³-hybridized carbons (Fsp3) is 0.545. The van der Waals surface area contributed by atoms with Crippen LogP contribution in [0.25, 0.3) is 0 Å². The van der Waals surface area contributed by atoms with E-state index >= 15 is 0 Å². The van der Waals surface area contributed by atoms with Gasteiger partial charge < -0.3 is 10.0 Å². The van der Waals surface area contributed by atoms with Crippen molar-refractivity contribution >= 4 is 15.5 Å². The third kappa shape index (κ3) is 2.95. The SMILES string of the molecule is O=S1(=O)CCCN(c2ccncc2CO)CC1. The predicted molar refractivity (Wildman–Crippen MR) is 65.6 cm³/mol. The Bertz CT molecular complexity index is 487. The first-order valence-corrected chi connectivity index (χ1v) is 7.43. The molecule has 1 aliphatic rings. The van der Waals surface area contributed by atoms with Crippen molar-refractivity contribution in [3.63, 3.8) is 0 Å². The van der Waals surface area contributed by atoms with Gasteiger partial charge in [-0.1, -0.05) is 0 Å². The Morgan fingerprint density at radius 2 is 2.18 bits per heavy atom. The summed E-state index contributed by atoms with van der Waals surface area (Å²) in [6, 6.07) is 1.82. The molecule has 0 aromatic carbocycles. The van der Waals surface area contributed by atoms with Crippen LogP contribution in [0.2, 0.25) is 0 Å². The van der Waals surface area contributed by atoms with Crippen molar-refractivity contribution in [3.8, 4) is 0 Å². The van der Waals surface area contributed by atoms with Crippen LogP contribution in [0.3, 0.4) is 0 Å². The van der Waals surface area contributed by atoms with Gasteiger partial charge in [0.1, 0.15) is 0 Å². The maximum atomic E-state index is 11.5. The summed E-state index contributed by atoms with van der Waals surface area (Å²) in [6.45, 7) is 1.11. The molecule has 2 heterocycles. The number of hydrogen-bond donors (Lipinski definition) is 1. The van der Waals surface area contributed by atoms with E-state index in [0.29, 0.717) is 19.5 Å². The van der Waals surface area contributed by atoms with E-state index in [1.165, 1.54) is 0 Å². The number of nitrogens with zero attached hydrogens (tertiary/aromatic N) is 2. The number of pyridine rings is 1. The van der Waals surface area contributed by atoms with Gasteiger partial charge in [0.25, 0.3) is 0 Å². The van der Waals surface area contributed by atoms with Crippen LogP contribution in [0.5, 0.6) is 0 Å². The number of rotatable bonds is 2. The second-order valence-electron chi connectivity index (χ2n) is 4.15. The van der Waals surface area contributed by atoms with Crippen molar-refractivity contribution in [3.05, 3.63) is 24.0 Å². The zero-order valence-corrected chi connectivity index (χ0v) is 10.4. The molecule has 1 N–H and O–H groups in total. The van der Waals surface area contributed by atoms with E-state index in [9.17, 15) is 13.5 Å². The van der Waals surface area contributed by atoms with Gasteiger partial charge in [0, 0.05) is 36.7 Å². The first-order valence-electron chi connectivity index (χ1n) is 5.61. The Balaban J connectivity index is 2.22. The van der Waals surface area contributed by atoms with Crippen LogP contribution in [0, 0.1) is 0 Å². The van der Waals surface area contributed by atoms with E-state index in [1.807, 2.05) is 11.0 Å². The molecule has 0 bridgehead atoms. The average molecular weight is 256 g/mol. The lowest BCUT2D eigenvalue weighted by atomic mass is 10.2. The predicted octanol–water partition coefficient (Wildman–Crippen LogP) is 0.199. The normalized spacial score (nSPS) is 19.9. The van der Waals surface area contributed by atoms with Crippen LogP contribution in [0.15, 0.2) is 18.5 Å². The lowest BCUT2D eigenvalue weighted by Gasteiger charge is -2.24. The summed E-state index contributed by atoms with van der Waals surface area (Å²) in [6.07, 6.45) is 3.91. The molecule has 17 heavy (non-hydrogen) atoms. The van der Waals surface area contributed by atoms with E-state index in [1.54, 1.807) is 12.4 Å². The minimum absolute atomic E-state index is 0.0770. The number of aliphatic hydroxyl groups is 1. The molecule has 0 saturated carbocycles. The monoisotopic (exact) mass is 256 g/mol. The van der Waals surface area contributed by atoms with Crippen LogP contribution in [-0.2, 0) is 16.4 Å². The van der Waals surface area contributed by atoms with Crippen molar-refractivity contribution in [2.75, 3.05) is 29.5 Å². The molecule has 0 aliphatic carbocycles. The lowest BCUT2D eigenvalue weighted by Crippen LogP contribution is -2.27. The second kappa shape index (κ2) is 5.01. The first kappa shape index (κ1) is 12.3. The second-order valence-corrected chi connectivity index (χ2v) is 6.46. The molecule has 0 amide bonds. The fourth-order valence-electron chi connectivity index (χ4n) is 2.03. The molecule has 0 unspecified atom stereocenters. The zero-order valence-electron chi connectivity index (χ0n) is 9.54. The molecule has 1 saturated heterocycles. The number of aromatic nitrogens is 1. The molecule has 5 nitrogen and oxygen atoms in total. The highest BCUT2D eigenvalue weighted by Crippen LogP contribution is 2.21. The molecule has 1 aromatic heterocycles. The summed E-state index contributed by atoms with van der Waals surface area (Å²) in [4.78, 5) is 5.97. The summed E-state index contributed by atoms with van der Waals surface area (Å²) in [7, 11) is -2.90. The van der Waals surface area contributed by atoms with Gasteiger partial charge in [-0.3, -0.25) is 4.98 Å². The quantitative estimate of drug-likeness (QED) is 0.818. The van der Waals surface area contributed by atoms with E-state index in [4.69, 9.17) is 0 Å². The maximum absolute atomic E-state index is 11.5. The molecular formula is C11H16N2O3S. The lowest BCUT2D eigenvalue weighted by molar-refractivity contribution is 0.281. The Hall–Kier alpha value is -1.14. The van der Waals surface area contributed by atoms with Crippen LogP contribution >= 0.6 is 0 Å². The standard InChI is InChI=1S/C11H16N2O3S/c14-9-10-8-12-3-2-11(10)13-4-1-6-17(15,16)7-5-13/h2-3,8,14H,1,4-7,9H2. The average Bonchev–Trinajstić information content (AvgIpc) is 2.50. The number of anilines is 1. The first-order chi connectivity index (χ1) is 8.12. The molecule has 6 heteroatoms. The van der Waals surface area contributed by atoms with Crippen molar-refractivity contribution in [2.45, 2.75) is 13.0 Å². The number of sulfone groups is 1. The summed E-state index contributed by atoms with van der Waals surface area (Å²) >= 11 is 0. The molecule has 1 fully saturated rings.